The van der Waals surface area contributed by atoms with Crippen LogP contribution in [0, 0.1) is 0 Å². The monoisotopic (exact) mass is 284 g/mol. The SMILES string of the molecule is CCCn1ncnc1CNc1ccc(C(F)(F)F)cc1. The number of benzene rings is 1. The summed E-state index contributed by atoms with van der Waals surface area (Å²) in [6.07, 6.45) is -1.89. The smallest absolute Gasteiger partial charge is 0.378 e. The van der Waals surface area contributed by atoms with Crippen LogP contribution in [0.4, 0.5) is 18.9 Å². The van der Waals surface area contributed by atoms with Gasteiger partial charge in [0, 0.05) is 12.2 Å². The first-order valence-electron chi connectivity index (χ1n) is 6.28. The van der Waals surface area contributed by atoms with Crippen LogP contribution in [0.25, 0.3) is 0 Å². The normalized spacial score (nSPS) is 11.6. The second-order valence-corrected chi connectivity index (χ2v) is 4.33. The van der Waals surface area contributed by atoms with E-state index in [1.54, 1.807) is 4.68 Å². The molecule has 7 heteroatoms. The number of aromatic nitrogens is 3. The van der Waals surface area contributed by atoms with E-state index in [0.717, 1.165) is 30.9 Å². The summed E-state index contributed by atoms with van der Waals surface area (Å²) < 4.78 is 39.0. The van der Waals surface area contributed by atoms with Gasteiger partial charge in [-0.05, 0) is 30.7 Å². The van der Waals surface area contributed by atoms with Gasteiger partial charge in [-0.2, -0.15) is 18.3 Å². The van der Waals surface area contributed by atoms with Gasteiger partial charge in [-0.1, -0.05) is 6.92 Å². The molecule has 20 heavy (non-hydrogen) atoms. The van der Waals surface area contributed by atoms with Crippen molar-refractivity contribution in [2.45, 2.75) is 32.6 Å². The number of nitrogens with one attached hydrogen (secondary N) is 1. The van der Waals surface area contributed by atoms with Crippen LogP contribution in [0.3, 0.4) is 0 Å². The van der Waals surface area contributed by atoms with Crippen LogP contribution in [0.5, 0.6) is 0 Å². The number of rotatable bonds is 5. The average Bonchev–Trinajstić information content (AvgIpc) is 2.84. The van der Waals surface area contributed by atoms with Crippen LogP contribution in [0.1, 0.15) is 24.7 Å². The van der Waals surface area contributed by atoms with Crippen molar-refractivity contribution in [1.29, 1.82) is 0 Å². The van der Waals surface area contributed by atoms with Gasteiger partial charge in [0.05, 0.1) is 12.1 Å². The highest BCUT2D eigenvalue weighted by Crippen LogP contribution is 2.29. The van der Waals surface area contributed by atoms with E-state index in [0.29, 0.717) is 12.2 Å². The Kier molecular flexibility index (Phi) is 4.26. The minimum Gasteiger partial charge on any atom is -0.378 e. The van der Waals surface area contributed by atoms with Gasteiger partial charge in [-0.15, -0.1) is 0 Å². The Morgan fingerprint density at radius 3 is 2.50 bits per heavy atom. The van der Waals surface area contributed by atoms with Gasteiger partial charge in [-0.25, -0.2) is 9.67 Å². The zero-order chi connectivity index (χ0) is 14.6. The molecule has 1 aromatic carbocycles. The van der Waals surface area contributed by atoms with Crippen LogP contribution in [0.2, 0.25) is 0 Å². The maximum Gasteiger partial charge on any atom is 0.416 e. The van der Waals surface area contributed by atoms with E-state index in [9.17, 15) is 13.2 Å². The fraction of sp³-hybridized carbons (Fsp3) is 0.385. The first-order valence-corrected chi connectivity index (χ1v) is 6.28. The third kappa shape index (κ3) is 3.49. The maximum atomic E-state index is 12.4. The minimum absolute atomic E-state index is 0.422. The van der Waals surface area contributed by atoms with Crippen molar-refractivity contribution in [3.8, 4) is 0 Å². The Labute approximate surface area is 114 Å². The molecule has 0 bridgehead atoms. The summed E-state index contributed by atoms with van der Waals surface area (Å²) >= 11 is 0. The lowest BCUT2D eigenvalue weighted by Gasteiger charge is -2.10. The molecule has 0 atom stereocenters. The lowest BCUT2D eigenvalue weighted by molar-refractivity contribution is -0.137. The summed E-state index contributed by atoms with van der Waals surface area (Å²) in [5.74, 6) is 0.756. The topological polar surface area (TPSA) is 42.7 Å². The predicted molar refractivity (Wildman–Crippen MR) is 69.1 cm³/mol. The van der Waals surface area contributed by atoms with E-state index in [4.69, 9.17) is 0 Å². The molecule has 1 aromatic heterocycles. The molecule has 0 fully saturated rings. The zero-order valence-corrected chi connectivity index (χ0v) is 11.0. The van der Waals surface area contributed by atoms with E-state index in [1.807, 2.05) is 6.92 Å². The number of hydrogen-bond acceptors (Lipinski definition) is 3. The Morgan fingerprint density at radius 2 is 1.90 bits per heavy atom. The lowest BCUT2D eigenvalue weighted by Crippen LogP contribution is -2.10. The maximum absolute atomic E-state index is 12.4. The molecule has 2 aromatic rings. The van der Waals surface area contributed by atoms with Crippen molar-refractivity contribution in [2.75, 3.05) is 5.32 Å². The number of hydrogen-bond donors (Lipinski definition) is 1. The molecule has 2 rings (SSSR count). The first-order chi connectivity index (χ1) is 9.50. The summed E-state index contributed by atoms with van der Waals surface area (Å²) in [5.41, 5.74) is -0.0405. The molecule has 0 spiro atoms. The van der Waals surface area contributed by atoms with E-state index in [2.05, 4.69) is 15.4 Å². The summed E-state index contributed by atoms with van der Waals surface area (Å²) in [6, 6.07) is 4.92. The van der Waals surface area contributed by atoms with Crippen molar-refractivity contribution >= 4 is 5.69 Å². The van der Waals surface area contributed by atoms with Gasteiger partial charge < -0.3 is 5.32 Å². The number of halogens is 3. The lowest BCUT2D eigenvalue weighted by atomic mass is 10.2. The molecule has 0 amide bonds. The van der Waals surface area contributed by atoms with Crippen LogP contribution < -0.4 is 5.32 Å². The molecule has 0 radical (unpaired) electrons. The molecule has 0 aliphatic rings. The molecule has 1 N–H and O–H groups in total. The molecule has 1 heterocycles. The number of alkyl halides is 3. The zero-order valence-electron chi connectivity index (χ0n) is 11.0. The first kappa shape index (κ1) is 14.4. The van der Waals surface area contributed by atoms with E-state index in [1.165, 1.54) is 18.5 Å². The van der Waals surface area contributed by atoms with Crippen LogP contribution in [-0.2, 0) is 19.3 Å². The molecule has 0 saturated carbocycles. The van der Waals surface area contributed by atoms with Gasteiger partial charge in [-0.3, -0.25) is 0 Å². The van der Waals surface area contributed by atoms with Gasteiger partial charge in [0.15, 0.2) is 0 Å². The van der Waals surface area contributed by atoms with Crippen molar-refractivity contribution < 1.29 is 13.2 Å². The number of aryl methyl sites for hydroxylation is 1. The average molecular weight is 284 g/mol. The fourth-order valence-corrected chi connectivity index (χ4v) is 1.78. The van der Waals surface area contributed by atoms with Gasteiger partial charge in [0.1, 0.15) is 12.2 Å². The van der Waals surface area contributed by atoms with E-state index < -0.39 is 11.7 Å². The Morgan fingerprint density at radius 1 is 1.20 bits per heavy atom. The fourth-order valence-electron chi connectivity index (χ4n) is 1.78. The highest BCUT2D eigenvalue weighted by molar-refractivity contribution is 5.45. The molecule has 0 saturated heterocycles. The quantitative estimate of drug-likeness (QED) is 0.916. The third-order valence-corrected chi connectivity index (χ3v) is 2.79. The van der Waals surface area contributed by atoms with Crippen LogP contribution in [0.15, 0.2) is 30.6 Å². The molecule has 0 aliphatic carbocycles. The summed E-state index contributed by atoms with van der Waals surface area (Å²) in [5, 5.41) is 7.12. The predicted octanol–water partition coefficient (Wildman–Crippen LogP) is 3.32. The standard InChI is InChI=1S/C13H15F3N4/c1-2-7-20-12(18-9-19-20)8-17-11-5-3-10(4-6-11)13(14,15)16/h3-6,9,17H,2,7-8H2,1H3. The Hall–Kier alpha value is -2.05. The molecular formula is C13H15F3N4. The van der Waals surface area contributed by atoms with E-state index in [-0.39, 0.29) is 0 Å². The van der Waals surface area contributed by atoms with Crippen LogP contribution in [-0.4, -0.2) is 14.8 Å². The second-order valence-electron chi connectivity index (χ2n) is 4.33. The summed E-state index contributed by atoms with van der Waals surface area (Å²) in [7, 11) is 0. The largest absolute Gasteiger partial charge is 0.416 e. The van der Waals surface area contributed by atoms with Crippen molar-refractivity contribution in [3.63, 3.8) is 0 Å². The minimum atomic E-state index is -4.31. The van der Waals surface area contributed by atoms with Crippen LogP contribution >= 0.6 is 0 Å². The Bertz CT molecular complexity index is 545. The van der Waals surface area contributed by atoms with Gasteiger partial charge in [0.25, 0.3) is 0 Å². The van der Waals surface area contributed by atoms with Crippen molar-refractivity contribution in [2.24, 2.45) is 0 Å². The number of nitrogens with zero attached hydrogens (tertiary/aromatic N) is 3. The van der Waals surface area contributed by atoms with Gasteiger partial charge >= 0.3 is 6.18 Å². The third-order valence-electron chi connectivity index (χ3n) is 2.79. The molecule has 0 unspecified atom stereocenters. The van der Waals surface area contributed by atoms with Gasteiger partial charge in [0.2, 0.25) is 0 Å². The molecular weight excluding hydrogens is 269 g/mol. The highest BCUT2D eigenvalue weighted by atomic mass is 19.4. The molecule has 4 nitrogen and oxygen atoms in total. The summed E-state index contributed by atoms with van der Waals surface area (Å²) in [4.78, 5) is 4.12. The molecule has 108 valence electrons. The Balaban J connectivity index is 1.99. The van der Waals surface area contributed by atoms with Crippen molar-refractivity contribution in [3.05, 3.63) is 42.0 Å². The van der Waals surface area contributed by atoms with Crippen molar-refractivity contribution in [1.82, 2.24) is 14.8 Å². The summed E-state index contributed by atoms with van der Waals surface area (Å²) in [6.45, 7) is 3.23. The molecule has 0 aliphatic heterocycles. The second kappa shape index (κ2) is 5.94. The van der Waals surface area contributed by atoms with E-state index >= 15 is 0 Å². The number of anilines is 1. The highest BCUT2D eigenvalue weighted by Gasteiger charge is 2.29.